The van der Waals surface area contributed by atoms with Crippen LogP contribution in [0.2, 0.25) is 10.2 Å². The number of rotatable bonds is 2. The molecule has 0 aliphatic heterocycles. The number of hydrogen-bond acceptors (Lipinski definition) is 2. The number of benzene rings is 1. The maximum absolute atomic E-state index is 13.5. The molecule has 2 rings (SSSR count). The molecule has 0 saturated carbocycles. The monoisotopic (exact) mass is 256 g/mol. The lowest BCUT2D eigenvalue weighted by Crippen LogP contribution is -1.98. The third-order valence-corrected chi connectivity index (χ3v) is 2.62. The Balaban J connectivity index is 2.27. The molecule has 16 heavy (non-hydrogen) atoms. The SMILES string of the molecule is Fc1c(Cl)ncnc1Cc1ccc(Cl)cc1. The Bertz CT molecular complexity index is 500. The molecule has 2 nitrogen and oxygen atoms in total. The summed E-state index contributed by atoms with van der Waals surface area (Å²) >= 11 is 11.3. The van der Waals surface area contributed by atoms with E-state index in [0.29, 0.717) is 11.4 Å². The third-order valence-electron chi connectivity index (χ3n) is 2.10. The molecule has 0 spiro atoms. The second-order valence-corrected chi connectivity index (χ2v) is 4.02. The van der Waals surface area contributed by atoms with Crippen LogP contribution in [0.5, 0.6) is 0 Å². The van der Waals surface area contributed by atoms with E-state index in [0.717, 1.165) is 5.56 Å². The number of nitrogens with zero attached hydrogens (tertiary/aromatic N) is 2. The van der Waals surface area contributed by atoms with E-state index in [9.17, 15) is 4.39 Å². The van der Waals surface area contributed by atoms with Gasteiger partial charge >= 0.3 is 0 Å². The Kier molecular flexibility index (Phi) is 3.36. The summed E-state index contributed by atoms with van der Waals surface area (Å²) in [6.07, 6.45) is 1.61. The van der Waals surface area contributed by atoms with Gasteiger partial charge in [0, 0.05) is 11.4 Å². The minimum Gasteiger partial charge on any atom is -0.238 e. The van der Waals surface area contributed by atoms with E-state index in [4.69, 9.17) is 23.2 Å². The van der Waals surface area contributed by atoms with E-state index in [1.54, 1.807) is 12.1 Å². The van der Waals surface area contributed by atoms with Crippen molar-refractivity contribution >= 4 is 23.2 Å². The van der Waals surface area contributed by atoms with Crippen molar-refractivity contribution in [1.29, 1.82) is 0 Å². The summed E-state index contributed by atoms with van der Waals surface area (Å²) in [6.45, 7) is 0. The zero-order chi connectivity index (χ0) is 11.5. The lowest BCUT2D eigenvalue weighted by atomic mass is 10.1. The van der Waals surface area contributed by atoms with Gasteiger partial charge in [-0.2, -0.15) is 0 Å². The molecule has 2 aromatic rings. The molecule has 0 N–H and O–H groups in total. The van der Waals surface area contributed by atoms with Gasteiger partial charge in [0.2, 0.25) is 0 Å². The highest BCUT2D eigenvalue weighted by Gasteiger charge is 2.09. The Morgan fingerprint density at radius 1 is 1.06 bits per heavy atom. The van der Waals surface area contributed by atoms with Gasteiger partial charge in [0.05, 0.1) is 5.69 Å². The van der Waals surface area contributed by atoms with Crippen LogP contribution in [0, 0.1) is 5.82 Å². The first-order valence-corrected chi connectivity index (χ1v) is 5.31. The van der Waals surface area contributed by atoms with E-state index in [1.165, 1.54) is 6.33 Å². The van der Waals surface area contributed by atoms with Crippen molar-refractivity contribution in [3.8, 4) is 0 Å². The van der Waals surface area contributed by atoms with Crippen LogP contribution in [0.3, 0.4) is 0 Å². The zero-order valence-corrected chi connectivity index (χ0v) is 9.63. The first kappa shape index (κ1) is 11.3. The fourth-order valence-electron chi connectivity index (χ4n) is 1.30. The van der Waals surface area contributed by atoms with Gasteiger partial charge in [0.1, 0.15) is 6.33 Å². The molecule has 1 aromatic carbocycles. The van der Waals surface area contributed by atoms with E-state index < -0.39 is 5.82 Å². The van der Waals surface area contributed by atoms with Crippen molar-refractivity contribution in [3.63, 3.8) is 0 Å². The molecule has 0 unspecified atom stereocenters. The van der Waals surface area contributed by atoms with Crippen LogP contribution in [-0.4, -0.2) is 9.97 Å². The average molecular weight is 257 g/mol. The normalized spacial score (nSPS) is 10.4. The molecule has 0 amide bonds. The van der Waals surface area contributed by atoms with Crippen molar-refractivity contribution in [2.45, 2.75) is 6.42 Å². The van der Waals surface area contributed by atoms with Gasteiger partial charge in [-0.25, -0.2) is 14.4 Å². The van der Waals surface area contributed by atoms with Gasteiger partial charge in [0.25, 0.3) is 0 Å². The molecular weight excluding hydrogens is 250 g/mol. The van der Waals surface area contributed by atoms with E-state index >= 15 is 0 Å². The molecule has 0 radical (unpaired) electrons. The predicted octanol–water partition coefficient (Wildman–Crippen LogP) is 3.51. The molecule has 0 atom stereocenters. The molecule has 1 heterocycles. The molecule has 0 aliphatic carbocycles. The minimum atomic E-state index is -0.570. The second-order valence-electron chi connectivity index (χ2n) is 3.23. The third kappa shape index (κ3) is 2.49. The van der Waals surface area contributed by atoms with E-state index in [-0.39, 0.29) is 10.8 Å². The van der Waals surface area contributed by atoms with Crippen LogP contribution >= 0.6 is 23.2 Å². The van der Waals surface area contributed by atoms with Crippen LogP contribution in [0.1, 0.15) is 11.3 Å². The fraction of sp³-hybridized carbons (Fsp3) is 0.0909. The van der Waals surface area contributed by atoms with Crippen molar-refractivity contribution in [3.05, 3.63) is 57.8 Å². The van der Waals surface area contributed by atoms with Gasteiger partial charge in [0.15, 0.2) is 11.0 Å². The quantitative estimate of drug-likeness (QED) is 0.769. The maximum Gasteiger partial charge on any atom is 0.182 e. The largest absolute Gasteiger partial charge is 0.238 e. The molecule has 1 aromatic heterocycles. The Morgan fingerprint density at radius 2 is 1.75 bits per heavy atom. The molecular formula is C11H7Cl2FN2. The molecule has 0 fully saturated rings. The predicted molar refractivity (Wildman–Crippen MR) is 61.3 cm³/mol. The molecule has 0 saturated heterocycles. The summed E-state index contributed by atoms with van der Waals surface area (Å²) in [5.41, 5.74) is 1.19. The van der Waals surface area contributed by atoms with Crippen molar-refractivity contribution in [2.75, 3.05) is 0 Å². The second kappa shape index (κ2) is 4.76. The van der Waals surface area contributed by atoms with E-state index in [2.05, 4.69) is 9.97 Å². The summed E-state index contributed by atoms with van der Waals surface area (Å²) in [5, 5.41) is 0.490. The first-order chi connectivity index (χ1) is 7.66. The number of hydrogen-bond donors (Lipinski definition) is 0. The average Bonchev–Trinajstić information content (AvgIpc) is 2.28. The molecule has 82 valence electrons. The van der Waals surface area contributed by atoms with Crippen LogP contribution < -0.4 is 0 Å². The van der Waals surface area contributed by atoms with Gasteiger partial charge in [-0.15, -0.1) is 0 Å². The molecule has 0 bridgehead atoms. The van der Waals surface area contributed by atoms with Crippen LogP contribution in [0.15, 0.2) is 30.6 Å². The minimum absolute atomic E-state index is 0.154. The standard InChI is InChI=1S/C11H7Cl2FN2/c12-8-3-1-7(2-4-8)5-9-10(14)11(13)16-6-15-9/h1-4,6H,5H2. The van der Waals surface area contributed by atoms with Gasteiger partial charge in [-0.3, -0.25) is 0 Å². The van der Waals surface area contributed by atoms with Crippen molar-refractivity contribution < 1.29 is 4.39 Å². The Hall–Kier alpha value is -1.19. The first-order valence-electron chi connectivity index (χ1n) is 4.56. The smallest absolute Gasteiger partial charge is 0.182 e. The van der Waals surface area contributed by atoms with Crippen molar-refractivity contribution in [2.24, 2.45) is 0 Å². The molecule has 0 aliphatic rings. The Labute approximate surface area is 102 Å². The number of aromatic nitrogens is 2. The highest BCUT2D eigenvalue weighted by molar-refractivity contribution is 6.30. The van der Waals surface area contributed by atoms with Crippen molar-refractivity contribution in [1.82, 2.24) is 9.97 Å². The lowest BCUT2D eigenvalue weighted by Gasteiger charge is -2.03. The number of halogens is 3. The topological polar surface area (TPSA) is 25.8 Å². The Morgan fingerprint density at radius 3 is 2.44 bits per heavy atom. The molecule has 5 heteroatoms. The lowest BCUT2D eigenvalue weighted by molar-refractivity contribution is 0.596. The summed E-state index contributed by atoms with van der Waals surface area (Å²) in [4.78, 5) is 7.41. The summed E-state index contributed by atoms with van der Waals surface area (Å²) in [5.74, 6) is -0.570. The summed E-state index contributed by atoms with van der Waals surface area (Å²) < 4.78 is 13.5. The fourth-order valence-corrected chi connectivity index (χ4v) is 1.58. The van der Waals surface area contributed by atoms with Crippen LogP contribution in [-0.2, 0) is 6.42 Å². The summed E-state index contributed by atoms with van der Waals surface area (Å²) in [7, 11) is 0. The highest BCUT2D eigenvalue weighted by atomic mass is 35.5. The van der Waals surface area contributed by atoms with E-state index in [1.807, 2.05) is 12.1 Å². The zero-order valence-electron chi connectivity index (χ0n) is 8.12. The van der Waals surface area contributed by atoms with Gasteiger partial charge in [-0.05, 0) is 17.7 Å². The van der Waals surface area contributed by atoms with Gasteiger partial charge < -0.3 is 0 Å². The van der Waals surface area contributed by atoms with Crippen LogP contribution in [0.4, 0.5) is 4.39 Å². The van der Waals surface area contributed by atoms with Crippen LogP contribution in [0.25, 0.3) is 0 Å². The maximum atomic E-state index is 13.5. The summed E-state index contributed by atoms with van der Waals surface area (Å²) in [6, 6.07) is 7.13. The van der Waals surface area contributed by atoms with Gasteiger partial charge in [-0.1, -0.05) is 35.3 Å². The highest BCUT2D eigenvalue weighted by Crippen LogP contribution is 2.17.